The lowest BCUT2D eigenvalue weighted by Gasteiger charge is -2.23. The van der Waals surface area contributed by atoms with Gasteiger partial charge >= 0.3 is 0 Å². The Morgan fingerprint density at radius 2 is 2.00 bits per heavy atom. The lowest BCUT2D eigenvalue weighted by Crippen LogP contribution is -2.50. The number of carbonyl (C=O) groups excluding carboxylic acids is 1. The molecule has 20 heavy (non-hydrogen) atoms. The molecule has 7 nitrogen and oxygen atoms in total. The van der Waals surface area contributed by atoms with Crippen LogP contribution in [0, 0.1) is 0 Å². The number of aromatic nitrogens is 1. The number of hydrogen-bond donors (Lipinski definition) is 3. The van der Waals surface area contributed by atoms with Crippen molar-refractivity contribution < 1.29 is 13.2 Å². The van der Waals surface area contributed by atoms with Crippen LogP contribution in [-0.2, 0) is 14.8 Å². The molecule has 0 spiro atoms. The minimum absolute atomic E-state index is 0.0310. The first kappa shape index (κ1) is 16.4. The number of amides is 1. The zero-order valence-electron chi connectivity index (χ0n) is 12.0. The number of nitrogens with one attached hydrogen (secondary N) is 2. The average Bonchev–Trinajstić information content (AvgIpc) is 2.26. The predicted molar refractivity (Wildman–Crippen MR) is 76.3 cm³/mol. The van der Waals surface area contributed by atoms with Crippen molar-refractivity contribution in [1.29, 1.82) is 0 Å². The molecule has 1 atom stereocenters. The second-order valence-electron chi connectivity index (χ2n) is 5.48. The summed E-state index contributed by atoms with van der Waals surface area (Å²) < 4.78 is 26.5. The fraction of sp³-hybridized carbons (Fsp3) is 0.500. The van der Waals surface area contributed by atoms with Gasteiger partial charge in [-0.3, -0.25) is 4.79 Å². The van der Waals surface area contributed by atoms with E-state index in [9.17, 15) is 13.2 Å². The van der Waals surface area contributed by atoms with Gasteiger partial charge in [0.05, 0.1) is 11.7 Å². The summed E-state index contributed by atoms with van der Waals surface area (Å²) in [5.74, 6) is -0.421. The molecule has 4 N–H and O–H groups in total. The third kappa shape index (κ3) is 4.46. The van der Waals surface area contributed by atoms with Gasteiger partial charge in [-0.1, -0.05) is 0 Å². The lowest BCUT2D eigenvalue weighted by molar-refractivity contribution is -0.123. The highest BCUT2D eigenvalue weighted by Gasteiger charge is 2.26. The van der Waals surface area contributed by atoms with Gasteiger partial charge in [-0.25, -0.2) is 13.4 Å². The smallest absolute Gasteiger partial charge is 0.260 e. The molecule has 1 heterocycles. The Balaban J connectivity index is 2.87. The van der Waals surface area contributed by atoms with Gasteiger partial charge in [-0.15, -0.1) is 0 Å². The molecule has 0 fully saturated rings. The second-order valence-corrected chi connectivity index (χ2v) is 7.11. The van der Waals surface area contributed by atoms with Gasteiger partial charge in [-0.05, 0) is 39.8 Å². The Kier molecular flexibility index (Phi) is 4.72. The Morgan fingerprint density at radius 1 is 1.40 bits per heavy atom. The van der Waals surface area contributed by atoms with E-state index in [1.165, 1.54) is 25.3 Å². The first-order chi connectivity index (χ1) is 9.03. The molecule has 0 aromatic carbocycles. The molecule has 1 aromatic rings. The van der Waals surface area contributed by atoms with E-state index in [0.29, 0.717) is 0 Å². The standard InChI is InChI=1S/C12H20N4O3S/c1-8(10(17)15-12(2,3)4)16-20(18,19)11-9(13)6-5-7-14-11/h5-8,16H,13H2,1-4H3,(H,15,17). The van der Waals surface area contributed by atoms with Gasteiger partial charge in [0, 0.05) is 11.7 Å². The van der Waals surface area contributed by atoms with Crippen LogP contribution in [0.1, 0.15) is 27.7 Å². The number of anilines is 1. The van der Waals surface area contributed by atoms with Crippen molar-refractivity contribution in [2.75, 3.05) is 5.73 Å². The van der Waals surface area contributed by atoms with Crippen molar-refractivity contribution in [2.45, 2.75) is 44.3 Å². The van der Waals surface area contributed by atoms with Gasteiger partial charge < -0.3 is 11.1 Å². The monoisotopic (exact) mass is 300 g/mol. The predicted octanol–water partition coefficient (Wildman–Crippen LogP) is 0.245. The fourth-order valence-electron chi connectivity index (χ4n) is 1.45. The second kappa shape index (κ2) is 5.76. The van der Waals surface area contributed by atoms with E-state index >= 15 is 0 Å². The maximum Gasteiger partial charge on any atom is 0.260 e. The summed E-state index contributed by atoms with van der Waals surface area (Å²) in [4.78, 5) is 15.6. The maximum atomic E-state index is 12.1. The molecule has 0 aliphatic heterocycles. The minimum Gasteiger partial charge on any atom is -0.396 e. The normalized spacial score (nSPS) is 13.8. The zero-order valence-corrected chi connectivity index (χ0v) is 12.8. The first-order valence-electron chi connectivity index (χ1n) is 6.08. The summed E-state index contributed by atoms with van der Waals surface area (Å²) in [5.41, 5.74) is 5.17. The van der Waals surface area contributed by atoms with Crippen molar-refractivity contribution in [3.05, 3.63) is 18.3 Å². The average molecular weight is 300 g/mol. The van der Waals surface area contributed by atoms with Gasteiger partial charge in [0.25, 0.3) is 10.0 Å². The lowest BCUT2D eigenvalue weighted by atomic mass is 10.1. The number of hydrogen-bond acceptors (Lipinski definition) is 5. The molecule has 0 radical (unpaired) electrons. The highest BCUT2D eigenvalue weighted by molar-refractivity contribution is 7.89. The molecule has 1 amide bonds. The van der Waals surface area contributed by atoms with Crippen molar-refractivity contribution >= 4 is 21.6 Å². The maximum absolute atomic E-state index is 12.1. The Labute approximate surface area is 119 Å². The van der Waals surface area contributed by atoms with Crippen molar-refractivity contribution in [3.63, 3.8) is 0 Å². The van der Waals surface area contributed by atoms with Gasteiger partial charge in [0.15, 0.2) is 5.03 Å². The van der Waals surface area contributed by atoms with Crippen molar-refractivity contribution in [1.82, 2.24) is 15.0 Å². The molecule has 0 saturated carbocycles. The van der Waals surface area contributed by atoms with Crippen LogP contribution < -0.4 is 15.8 Å². The van der Waals surface area contributed by atoms with Gasteiger partial charge in [0.1, 0.15) is 0 Å². The number of rotatable bonds is 4. The van der Waals surface area contributed by atoms with Crippen LogP contribution in [0.3, 0.4) is 0 Å². The quantitative estimate of drug-likeness (QED) is 0.737. The molecule has 0 aliphatic rings. The minimum atomic E-state index is -3.94. The van der Waals surface area contributed by atoms with E-state index < -0.39 is 27.5 Å². The number of nitrogens with two attached hydrogens (primary N) is 1. The molecule has 0 saturated heterocycles. The van der Waals surface area contributed by atoms with E-state index in [-0.39, 0.29) is 10.7 Å². The molecule has 1 aromatic heterocycles. The van der Waals surface area contributed by atoms with E-state index in [2.05, 4.69) is 15.0 Å². The molecule has 1 rings (SSSR count). The molecule has 1 unspecified atom stereocenters. The number of nitrogen functional groups attached to an aromatic ring is 1. The van der Waals surface area contributed by atoms with Crippen molar-refractivity contribution in [2.24, 2.45) is 0 Å². The summed E-state index contributed by atoms with van der Waals surface area (Å²) in [5, 5.41) is 2.41. The van der Waals surface area contributed by atoms with E-state index in [0.717, 1.165) is 0 Å². The summed E-state index contributed by atoms with van der Waals surface area (Å²) in [6.07, 6.45) is 1.32. The highest BCUT2D eigenvalue weighted by atomic mass is 32.2. The summed E-state index contributed by atoms with van der Waals surface area (Å²) in [6, 6.07) is 2.03. The summed E-state index contributed by atoms with van der Waals surface area (Å²) in [6.45, 7) is 6.88. The fourth-order valence-corrected chi connectivity index (χ4v) is 2.71. The molecule has 0 bridgehead atoms. The van der Waals surface area contributed by atoms with Crippen LogP contribution >= 0.6 is 0 Å². The van der Waals surface area contributed by atoms with Gasteiger partial charge in [0.2, 0.25) is 5.91 Å². The van der Waals surface area contributed by atoms with E-state index in [1.807, 2.05) is 20.8 Å². The first-order valence-corrected chi connectivity index (χ1v) is 7.56. The SMILES string of the molecule is CC(NS(=O)(=O)c1ncccc1N)C(=O)NC(C)(C)C. The molecule has 8 heteroatoms. The number of nitrogens with zero attached hydrogens (tertiary/aromatic N) is 1. The van der Waals surface area contributed by atoms with E-state index in [4.69, 9.17) is 5.73 Å². The molecule has 0 aliphatic carbocycles. The van der Waals surface area contributed by atoms with Crippen LogP contribution in [-0.4, -0.2) is 30.9 Å². The number of pyridine rings is 1. The topological polar surface area (TPSA) is 114 Å². The Bertz CT molecular complexity index is 593. The third-order valence-electron chi connectivity index (χ3n) is 2.28. The Hall–Kier alpha value is -1.67. The van der Waals surface area contributed by atoms with Crippen LogP contribution in [0.5, 0.6) is 0 Å². The zero-order chi connectivity index (χ0) is 15.6. The molecule has 112 valence electrons. The van der Waals surface area contributed by atoms with Crippen LogP contribution in [0.2, 0.25) is 0 Å². The molecular formula is C12H20N4O3S. The summed E-state index contributed by atoms with van der Waals surface area (Å²) in [7, 11) is -3.94. The van der Waals surface area contributed by atoms with Crippen molar-refractivity contribution in [3.8, 4) is 0 Å². The van der Waals surface area contributed by atoms with Crippen LogP contribution in [0.4, 0.5) is 5.69 Å². The Morgan fingerprint density at radius 3 is 2.50 bits per heavy atom. The third-order valence-corrected chi connectivity index (χ3v) is 3.79. The van der Waals surface area contributed by atoms with Crippen LogP contribution in [0.25, 0.3) is 0 Å². The largest absolute Gasteiger partial charge is 0.396 e. The molecular weight excluding hydrogens is 280 g/mol. The highest BCUT2D eigenvalue weighted by Crippen LogP contribution is 2.14. The summed E-state index contributed by atoms with van der Waals surface area (Å²) >= 11 is 0. The number of carbonyl (C=O) groups is 1. The van der Waals surface area contributed by atoms with Crippen LogP contribution in [0.15, 0.2) is 23.4 Å². The van der Waals surface area contributed by atoms with Gasteiger partial charge in [-0.2, -0.15) is 4.72 Å². The van der Waals surface area contributed by atoms with E-state index in [1.54, 1.807) is 0 Å². The number of sulfonamides is 1.